The summed E-state index contributed by atoms with van der Waals surface area (Å²) in [6, 6.07) is 9.00. The lowest BCUT2D eigenvalue weighted by Gasteiger charge is -2.05. The number of hydrogen-bond donors (Lipinski definition) is 1. The van der Waals surface area contributed by atoms with Crippen molar-refractivity contribution in [2.75, 3.05) is 0 Å². The van der Waals surface area contributed by atoms with Crippen LogP contribution in [-0.4, -0.2) is 25.9 Å². The Labute approximate surface area is 149 Å². The normalized spacial score (nSPS) is 11.3. The molecule has 0 saturated heterocycles. The van der Waals surface area contributed by atoms with E-state index < -0.39 is 16.4 Å². The summed E-state index contributed by atoms with van der Waals surface area (Å²) in [5, 5.41) is 24.8. The van der Waals surface area contributed by atoms with Crippen LogP contribution in [-0.2, 0) is 0 Å². The van der Waals surface area contributed by atoms with Gasteiger partial charge in [0.15, 0.2) is 5.75 Å². The van der Waals surface area contributed by atoms with E-state index in [-0.39, 0.29) is 5.56 Å². The first-order valence-electron chi connectivity index (χ1n) is 7.07. The van der Waals surface area contributed by atoms with Gasteiger partial charge >= 0.3 is 5.69 Å². The smallest absolute Gasteiger partial charge is 0.311 e. The van der Waals surface area contributed by atoms with Crippen molar-refractivity contribution in [1.29, 1.82) is 0 Å². The Morgan fingerprint density at radius 2 is 2.08 bits per heavy atom. The predicted octanol–water partition coefficient (Wildman–Crippen LogP) is 2.96. The molecule has 1 N–H and O–H groups in total. The zero-order valence-corrected chi connectivity index (χ0v) is 14.5. The molecule has 2 aromatic carbocycles. The van der Waals surface area contributed by atoms with Crippen LogP contribution < -0.4 is 5.56 Å². The minimum absolute atomic E-state index is 0.353. The van der Waals surface area contributed by atoms with Gasteiger partial charge in [-0.3, -0.25) is 14.9 Å². The molecule has 0 aliphatic carbocycles. The molecule has 3 aromatic rings. The van der Waals surface area contributed by atoms with Gasteiger partial charge in [0.2, 0.25) is 0 Å². The summed E-state index contributed by atoms with van der Waals surface area (Å²) in [5.74, 6) is -0.0583. The summed E-state index contributed by atoms with van der Waals surface area (Å²) in [5.41, 5.74) is 0.129. The molecule has 25 heavy (non-hydrogen) atoms. The molecule has 0 bridgehead atoms. The number of aryl methyl sites for hydroxylation is 1. The summed E-state index contributed by atoms with van der Waals surface area (Å²) in [6.07, 6.45) is 1.30. The van der Waals surface area contributed by atoms with E-state index in [1.165, 1.54) is 24.4 Å². The monoisotopic (exact) mass is 402 g/mol. The number of aromatic hydroxyl groups is 1. The quantitative estimate of drug-likeness (QED) is 0.411. The molecular weight excluding hydrogens is 392 g/mol. The van der Waals surface area contributed by atoms with Crippen molar-refractivity contribution in [2.45, 2.75) is 6.92 Å². The lowest BCUT2D eigenvalue weighted by Crippen LogP contribution is -2.20. The van der Waals surface area contributed by atoms with Crippen molar-refractivity contribution in [1.82, 2.24) is 9.66 Å². The fourth-order valence-corrected chi connectivity index (χ4v) is 2.65. The van der Waals surface area contributed by atoms with Crippen LogP contribution in [0.15, 0.2) is 50.8 Å². The second kappa shape index (κ2) is 6.44. The average molecular weight is 403 g/mol. The number of hydrogen-bond acceptors (Lipinski definition) is 6. The second-order valence-corrected chi connectivity index (χ2v) is 6.10. The van der Waals surface area contributed by atoms with Crippen LogP contribution >= 0.6 is 15.9 Å². The number of rotatable bonds is 3. The van der Waals surface area contributed by atoms with Crippen LogP contribution in [0.25, 0.3) is 10.9 Å². The number of nitrogens with zero attached hydrogens (tertiary/aromatic N) is 4. The molecule has 0 atom stereocenters. The SMILES string of the molecule is Cc1nc2ccc(Br)cc2c(=O)n1N=Cc1ccc(O)c([N+](=O)[O-])c1. The molecule has 3 rings (SSSR count). The molecule has 0 aliphatic rings. The van der Waals surface area contributed by atoms with Gasteiger partial charge in [-0.2, -0.15) is 9.78 Å². The average Bonchev–Trinajstić information content (AvgIpc) is 2.56. The van der Waals surface area contributed by atoms with Crippen molar-refractivity contribution in [2.24, 2.45) is 5.10 Å². The van der Waals surface area contributed by atoms with Gasteiger partial charge in [0, 0.05) is 16.1 Å². The molecule has 126 valence electrons. The van der Waals surface area contributed by atoms with Crippen LogP contribution in [0.3, 0.4) is 0 Å². The minimum Gasteiger partial charge on any atom is -0.502 e. The Hall–Kier alpha value is -3.07. The third-order valence-electron chi connectivity index (χ3n) is 3.49. The summed E-state index contributed by atoms with van der Waals surface area (Å²) < 4.78 is 1.86. The highest BCUT2D eigenvalue weighted by Crippen LogP contribution is 2.25. The van der Waals surface area contributed by atoms with Crippen molar-refractivity contribution < 1.29 is 10.0 Å². The number of fused-ring (bicyclic) bond motifs is 1. The summed E-state index contributed by atoms with van der Waals surface area (Å²) in [4.78, 5) is 27.1. The summed E-state index contributed by atoms with van der Waals surface area (Å²) >= 11 is 3.31. The zero-order chi connectivity index (χ0) is 18.1. The van der Waals surface area contributed by atoms with E-state index in [1.54, 1.807) is 25.1 Å². The Kier molecular flexibility index (Phi) is 4.32. The maximum atomic E-state index is 12.6. The number of halogens is 1. The molecule has 8 nitrogen and oxygen atoms in total. The fraction of sp³-hybridized carbons (Fsp3) is 0.0625. The first kappa shape index (κ1) is 16.8. The minimum atomic E-state index is -0.695. The number of benzene rings is 2. The van der Waals surface area contributed by atoms with E-state index in [0.29, 0.717) is 22.3 Å². The molecular formula is C16H11BrN4O4. The topological polar surface area (TPSA) is 111 Å². The Balaban J connectivity index is 2.09. The van der Waals surface area contributed by atoms with Gasteiger partial charge in [0.1, 0.15) is 5.82 Å². The van der Waals surface area contributed by atoms with Gasteiger partial charge in [-0.1, -0.05) is 15.9 Å². The van der Waals surface area contributed by atoms with Crippen molar-refractivity contribution in [3.63, 3.8) is 0 Å². The highest BCUT2D eigenvalue weighted by molar-refractivity contribution is 9.10. The van der Waals surface area contributed by atoms with Gasteiger partial charge < -0.3 is 5.11 Å². The van der Waals surface area contributed by atoms with Crippen molar-refractivity contribution in [3.8, 4) is 5.75 Å². The third-order valence-corrected chi connectivity index (χ3v) is 3.98. The van der Waals surface area contributed by atoms with E-state index in [2.05, 4.69) is 26.0 Å². The van der Waals surface area contributed by atoms with Gasteiger partial charge in [-0.15, -0.1) is 0 Å². The van der Waals surface area contributed by atoms with Crippen LogP contribution in [0.4, 0.5) is 5.69 Å². The van der Waals surface area contributed by atoms with Crippen molar-refractivity contribution >= 4 is 38.7 Å². The Bertz CT molecular complexity index is 1090. The molecule has 0 saturated carbocycles. The molecule has 0 spiro atoms. The van der Waals surface area contributed by atoms with Crippen LogP contribution in [0, 0.1) is 17.0 Å². The van der Waals surface area contributed by atoms with E-state index >= 15 is 0 Å². The highest BCUT2D eigenvalue weighted by Gasteiger charge is 2.13. The molecule has 0 unspecified atom stereocenters. The lowest BCUT2D eigenvalue weighted by molar-refractivity contribution is -0.385. The van der Waals surface area contributed by atoms with Crippen LogP contribution in [0.5, 0.6) is 5.75 Å². The molecule has 0 fully saturated rings. The first-order chi connectivity index (χ1) is 11.9. The summed E-state index contributed by atoms with van der Waals surface area (Å²) in [6.45, 7) is 1.64. The number of phenolic OH excluding ortho intramolecular Hbond substituents is 1. The van der Waals surface area contributed by atoms with Gasteiger partial charge in [-0.25, -0.2) is 4.98 Å². The van der Waals surface area contributed by atoms with Crippen molar-refractivity contribution in [3.05, 3.63) is 72.7 Å². The predicted molar refractivity (Wildman–Crippen MR) is 96.2 cm³/mol. The van der Waals surface area contributed by atoms with E-state index in [0.717, 1.165) is 9.15 Å². The van der Waals surface area contributed by atoms with E-state index in [4.69, 9.17) is 0 Å². The Morgan fingerprint density at radius 3 is 2.80 bits per heavy atom. The highest BCUT2D eigenvalue weighted by atomic mass is 79.9. The number of phenols is 1. The fourth-order valence-electron chi connectivity index (χ4n) is 2.29. The number of nitro groups is 1. The van der Waals surface area contributed by atoms with Gasteiger partial charge in [0.25, 0.3) is 5.56 Å². The van der Waals surface area contributed by atoms with Gasteiger partial charge in [-0.05, 0) is 37.3 Å². The van der Waals surface area contributed by atoms with Gasteiger partial charge in [0.05, 0.1) is 22.0 Å². The van der Waals surface area contributed by atoms with Crippen LogP contribution in [0.2, 0.25) is 0 Å². The van der Waals surface area contributed by atoms with E-state index in [9.17, 15) is 20.0 Å². The first-order valence-corrected chi connectivity index (χ1v) is 7.87. The number of aromatic nitrogens is 2. The molecule has 9 heteroatoms. The molecule has 1 heterocycles. The Morgan fingerprint density at radius 1 is 1.32 bits per heavy atom. The summed E-state index contributed by atoms with van der Waals surface area (Å²) in [7, 11) is 0. The molecule has 0 amide bonds. The molecule has 1 aromatic heterocycles. The standard InChI is InChI=1S/C16H11BrN4O4/c1-9-19-13-4-3-11(17)7-12(13)16(23)20(9)18-8-10-2-5-15(22)14(6-10)21(24)25/h2-8,22H,1H3. The second-order valence-electron chi connectivity index (χ2n) is 5.19. The maximum absolute atomic E-state index is 12.6. The molecule has 0 radical (unpaired) electrons. The molecule has 0 aliphatic heterocycles. The zero-order valence-electron chi connectivity index (χ0n) is 12.9. The third kappa shape index (κ3) is 3.26. The van der Waals surface area contributed by atoms with Crippen LogP contribution in [0.1, 0.15) is 11.4 Å². The maximum Gasteiger partial charge on any atom is 0.311 e. The number of nitro benzene ring substituents is 1. The largest absolute Gasteiger partial charge is 0.502 e. The van der Waals surface area contributed by atoms with E-state index in [1.807, 2.05) is 0 Å². The lowest BCUT2D eigenvalue weighted by atomic mass is 10.2.